The van der Waals surface area contributed by atoms with E-state index in [4.69, 9.17) is 5.11 Å². The SMILES string of the molecule is CC(C)CC(C)CC(C)(C)CCCO. The van der Waals surface area contributed by atoms with Crippen molar-refractivity contribution in [2.24, 2.45) is 17.3 Å². The minimum atomic E-state index is 0.335. The molecule has 1 N–H and O–H groups in total. The maximum atomic E-state index is 8.81. The third-order valence-electron chi connectivity index (χ3n) is 2.79. The Bertz CT molecular complexity index is 138. The van der Waals surface area contributed by atoms with Crippen molar-refractivity contribution in [2.45, 2.75) is 60.3 Å². The molecule has 0 saturated carbocycles. The minimum absolute atomic E-state index is 0.335. The van der Waals surface area contributed by atoms with E-state index in [0.29, 0.717) is 12.0 Å². The molecule has 0 aromatic heterocycles. The van der Waals surface area contributed by atoms with Gasteiger partial charge in [0.15, 0.2) is 0 Å². The zero-order chi connectivity index (χ0) is 11.2. The van der Waals surface area contributed by atoms with Crippen LogP contribution in [0.5, 0.6) is 0 Å². The van der Waals surface area contributed by atoms with Gasteiger partial charge in [-0.3, -0.25) is 0 Å². The summed E-state index contributed by atoms with van der Waals surface area (Å²) >= 11 is 0. The van der Waals surface area contributed by atoms with Crippen molar-refractivity contribution in [3.63, 3.8) is 0 Å². The fourth-order valence-electron chi connectivity index (χ4n) is 2.49. The molecule has 0 aromatic carbocycles. The second kappa shape index (κ2) is 6.44. The molecule has 0 aliphatic carbocycles. The summed E-state index contributed by atoms with van der Waals surface area (Å²) in [5.74, 6) is 1.61. The van der Waals surface area contributed by atoms with E-state index in [1.807, 2.05) is 0 Å². The first-order valence-electron chi connectivity index (χ1n) is 5.98. The molecule has 0 saturated heterocycles. The van der Waals surface area contributed by atoms with Crippen LogP contribution >= 0.6 is 0 Å². The van der Waals surface area contributed by atoms with Crippen LogP contribution in [0.4, 0.5) is 0 Å². The highest BCUT2D eigenvalue weighted by molar-refractivity contribution is 4.72. The molecular weight excluding hydrogens is 172 g/mol. The van der Waals surface area contributed by atoms with Gasteiger partial charge < -0.3 is 5.11 Å². The van der Waals surface area contributed by atoms with Gasteiger partial charge in [0.05, 0.1) is 0 Å². The van der Waals surface area contributed by atoms with Gasteiger partial charge in [0.25, 0.3) is 0 Å². The molecule has 1 unspecified atom stereocenters. The monoisotopic (exact) mass is 200 g/mol. The molecule has 0 bridgehead atoms. The fraction of sp³-hybridized carbons (Fsp3) is 1.00. The Morgan fingerprint density at radius 3 is 2.14 bits per heavy atom. The first-order valence-corrected chi connectivity index (χ1v) is 5.98. The molecule has 86 valence electrons. The van der Waals surface area contributed by atoms with Gasteiger partial charge >= 0.3 is 0 Å². The summed E-state index contributed by atoms with van der Waals surface area (Å²) in [6.07, 6.45) is 4.70. The molecule has 0 rings (SSSR count). The van der Waals surface area contributed by atoms with Crippen molar-refractivity contribution in [3.05, 3.63) is 0 Å². The predicted octanol–water partition coefficient (Wildman–Crippen LogP) is 3.86. The van der Waals surface area contributed by atoms with Crippen LogP contribution < -0.4 is 0 Å². The van der Waals surface area contributed by atoms with Crippen LogP contribution in [0.2, 0.25) is 0 Å². The van der Waals surface area contributed by atoms with Crippen molar-refractivity contribution in [3.8, 4) is 0 Å². The second-order valence-electron chi connectivity index (χ2n) is 5.93. The molecule has 0 spiro atoms. The highest BCUT2D eigenvalue weighted by Gasteiger charge is 2.20. The van der Waals surface area contributed by atoms with Crippen LogP contribution in [0.25, 0.3) is 0 Å². The Morgan fingerprint density at radius 2 is 1.71 bits per heavy atom. The first kappa shape index (κ1) is 14.0. The lowest BCUT2D eigenvalue weighted by molar-refractivity contribution is 0.202. The molecular formula is C13H28O. The maximum Gasteiger partial charge on any atom is 0.0431 e. The Morgan fingerprint density at radius 1 is 1.14 bits per heavy atom. The lowest BCUT2D eigenvalue weighted by atomic mass is 9.78. The largest absolute Gasteiger partial charge is 0.396 e. The number of hydrogen-bond acceptors (Lipinski definition) is 1. The van der Waals surface area contributed by atoms with E-state index < -0.39 is 0 Å². The molecule has 0 radical (unpaired) electrons. The smallest absolute Gasteiger partial charge is 0.0431 e. The summed E-state index contributed by atoms with van der Waals surface area (Å²) in [5, 5.41) is 8.81. The van der Waals surface area contributed by atoms with Gasteiger partial charge in [0.1, 0.15) is 0 Å². The fourth-order valence-corrected chi connectivity index (χ4v) is 2.49. The van der Waals surface area contributed by atoms with Crippen LogP contribution in [-0.4, -0.2) is 11.7 Å². The van der Waals surface area contributed by atoms with Gasteiger partial charge in [-0.05, 0) is 42.9 Å². The average molecular weight is 200 g/mol. The Kier molecular flexibility index (Phi) is 6.43. The van der Waals surface area contributed by atoms with Crippen molar-refractivity contribution >= 4 is 0 Å². The quantitative estimate of drug-likeness (QED) is 0.661. The summed E-state index contributed by atoms with van der Waals surface area (Å²) in [6.45, 7) is 11.9. The van der Waals surface area contributed by atoms with Crippen molar-refractivity contribution in [1.29, 1.82) is 0 Å². The zero-order valence-corrected chi connectivity index (χ0v) is 10.6. The molecule has 0 fully saturated rings. The molecule has 1 heteroatoms. The lowest BCUT2D eigenvalue weighted by Crippen LogP contribution is -2.17. The normalized spacial score (nSPS) is 14.8. The Hall–Kier alpha value is -0.0400. The van der Waals surface area contributed by atoms with Crippen LogP contribution in [-0.2, 0) is 0 Å². The summed E-state index contributed by atoms with van der Waals surface area (Å²) in [7, 11) is 0. The third-order valence-corrected chi connectivity index (χ3v) is 2.79. The van der Waals surface area contributed by atoms with Crippen LogP contribution in [0.3, 0.4) is 0 Å². The summed E-state index contributed by atoms with van der Waals surface area (Å²) in [5.41, 5.74) is 0.400. The molecule has 0 aliphatic heterocycles. The van der Waals surface area contributed by atoms with Crippen LogP contribution in [0.1, 0.15) is 60.3 Å². The van der Waals surface area contributed by atoms with Gasteiger partial charge in [-0.2, -0.15) is 0 Å². The van der Waals surface area contributed by atoms with E-state index in [0.717, 1.165) is 24.7 Å². The van der Waals surface area contributed by atoms with Gasteiger partial charge in [-0.25, -0.2) is 0 Å². The van der Waals surface area contributed by atoms with Gasteiger partial charge in [-0.15, -0.1) is 0 Å². The standard InChI is InChI=1S/C13H28O/c1-11(2)9-12(3)10-13(4,5)7-6-8-14/h11-12,14H,6-10H2,1-5H3. The third kappa shape index (κ3) is 7.37. The predicted molar refractivity (Wildman–Crippen MR) is 63.3 cm³/mol. The maximum absolute atomic E-state index is 8.81. The lowest BCUT2D eigenvalue weighted by Gasteiger charge is -2.28. The molecule has 0 amide bonds. The average Bonchev–Trinajstić information content (AvgIpc) is 1.98. The van der Waals surface area contributed by atoms with Crippen LogP contribution in [0, 0.1) is 17.3 Å². The highest BCUT2D eigenvalue weighted by atomic mass is 16.2. The molecule has 1 atom stereocenters. The Balaban J connectivity index is 3.82. The van der Waals surface area contributed by atoms with Crippen molar-refractivity contribution in [2.75, 3.05) is 6.61 Å². The molecule has 0 aromatic rings. The molecule has 0 heterocycles. The summed E-state index contributed by atoms with van der Waals surface area (Å²) in [6, 6.07) is 0. The molecule has 14 heavy (non-hydrogen) atoms. The van der Waals surface area contributed by atoms with E-state index in [1.54, 1.807) is 0 Å². The molecule has 0 aliphatic rings. The van der Waals surface area contributed by atoms with Crippen LogP contribution in [0.15, 0.2) is 0 Å². The van der Waals surface area contributed by atoms with E-state index in [-0.39, 0.29) is 0 Å². The highest BCUT2D eigenvalue weighted by Crippen LogP contribution is 2.32. The van der Waals surface area contributed by atoms with E-state index in [1.165, 1.54) is 12.8 Å². The van der Waals surface area contributed by atoms with Gasteiger partial charge in [0, 0.05) is 6.61 Å². The number of rotatable bonds is 7. The van der Waals surface area contributed by atoms with E-state index >= 15 is 0 Å². The topological polar surface area (TPSA) is 20.2 Å². The van der Waals surface area contributed by atoms with E-state index in [2.05, 4.69) is 34.6 Å². The number of hydrogen-bond donors (Lipinski definition) is 1. The van der Waals surface area contributed by atoms with Gasteiger partial charge in [-0.1, -0.05) is 34.6 Å². The van der Waals surface area contributed by atoms with Gasteiger partial charge in [0.2, 0.25) is 0 Å². The van der Waals surface area contributed by atoms with E-state index in [9.17, 15) is 0 Å². The number of aliphatic hydroxyl groups excluding tert-OH is 1. The Labute approximate surface area is 89.9 Å². The first-order chi connectivity index (χ1) is 6.37. The molecule has 1 nitrogen and oxygen atoms in total. The zero-order valence-electron chi connectivity index (χ0n) is 10.6. The van der Waals surface area contributed by atoms with Crippen molar-refractivity contribution < 1.29 is 5.11 Å². The second-order valence-corrected chi connectivity index (χ2v) is 5.93. The summed E-state index contributed by atoms with van der Waals surface area (Å²) in [4.78, 5) is 0. The van der Waals surface area contributed by atoms with Crippen molar-refractivity contribution in [1.82, 2.24) is 0 Å². The number of aliphatic hydroxyl groups is 1. The summed E-state index contributed by atoms with van der Waals surface area (Å²) < 4.78 is 0. The minimum Gasteiger partial charge on any atom is -0.396 e.